The van der Waals surface area contributed by atoms with Crippen LogP contribution in [-0.2, 0) is 13.6 Å². The molecule has 0 radical (unpaired) electrons. The number of nitrogens with zero attached hydrogens (tertiary/aromatic N) is 4. The fourth-order valence-electron chi connectivity index (χ4n) is 3.32. The van der Waals surface area contributed by atoms with Gasteiger partial charge in [0.15, 0.2) is 11.5 Å². The minimum absolute atomic E-state index is 0.214. The molecule has 0 spiro atoms. The Morgan fingerprint density at radius 2 is 2.00 bits per heavy atom. The van der Waals surface area contributed by atoms with Gasteiger partial charge >= 0.3 is 0 Å². The predicted molar refractivity (Wildman–Crippen MR) is 106 cm³/mol. The van der Waals surface area contributed by atoms with E-state index in [-0.39, 0.29) is 12.7 Å². The summed E-state index contributed by atoms with van der Waals surface area (Å²) in [6.45, 7) is 0.835. The van der Waals surface area contributed by atoms with Crippen LogP contribution in [0.3, 0.4) is 0 Å². The molecular weight excluding hydrogens is 356 g/mol. The van der Waals surface area contributed by atoms with Crippen LogP contribution in [0.25, 0.3) is 22.2 Å². The van der Waals surface area contributed by atoms with Crippen molar-refractivity contribution in [1.29, 1.82) is 0 Å². The molecule has 5 rings (SSSR count). The second kappa shape index (κ2) is 6.41. The van der Waals surface area contributed by atoms with Crippen LogP contribution in [0.5, 0.6) is 11.5 Å². The number of nitrogen functional groups attached to an aromatic ring is 1. The summed E-state index contributed by atoms with van der Waals surface area (Å²) in [5.74, 6) is 2.39. The quantitative estimate of drug-likeness (QED) is 0.566. The highest BCUT2D eigenvalue weighted by Gasteiger charge is 2.14. The molecule has 3 heterocycles. The van der Waals surface area contributed by atoms with Gasteiger partial charge in [-0.3, -0.25) is 4.68 Å². The molecule has 0 unspecified atom stereocenters. The van der Waals surface area contributed by atoms with Crippen molar-refractivity contribution in [2.75, 3.05) is 17.8 Å². The highest BCUT2D eigenvalue weighted by atomic mass is 16.7. The standard InChI is InChI=1S/C20H18N6O2/c1-26-10-14-13(3-2-4-15(14)25-26)16-8-19(24-20(21)23-16)22-9-12-5-6-17-18(7-12)28-11-27-17/h2-8,10H,9,11H2,1H3,(H3,21,22,23,24). The first-order valence-corrected chi connectivity index (χ1v) is 8.85. The third-order valence-corrected chi connectivity index (χ3v) is 4.59. The van der Waals surface area contributed by atoms with Gasteiger partial charge in [0.1, 0.15) is 5.82 Å². The highest BCUT2D eigenvalue weighted by Crippen LogP contribution is 2.33. The van der Waals surface area contributed by atoms with Crippen LogP contribution in [0.1, 0.15) is 5.56 Å². The van der Waals surface area contributed by atoms with E-state index in [0.717, 1.165) is 39.2 Å². The topological polar surface area (TPSA) is 100 Å². The minimum Gasteiger partial charge on any atom is -0.454 e. The number of aromatic nitrogens is 4. The molecule has 1 aliphatic rings. The Morgan fingerprint density at radius 3 is 2.93 bits per heavy atom. The van der Waals surface area contributed by atoms with Crippen molar-refractivity contribution < 1.29 is 9.47 Å². The van der Waals surface area contributed by atoms with Gasteiger partial charge in [-0.2, -0.15) is 10.1 Å². The second-order valence-corrected chi connectivity index (χ2v) is 6.58. The Kier molecular flexibility index (Phi) is 3.75. The Labute approximate surface area is 160 Å². The summed E-state index contributed by atoms with van der Waals surface area (Å²) in [5.41, 5.74) is 9.64. The lowest BCUT2D eigenvalue weighted by atomic mass is 10.1. The third kappa shape index (κ3) is 2.94. The number of hydrogen-bond acceptors (Lipinski definition) is 7. The predicted octanol–water partition coefficient (Wildman–Crippen LogP) is 2.95. The zero-order chi connectivity index (χ0) is 19.1. The van der Waals surface area contributed by atoms with Gasteiger partial charge in [0.05, 0.1) is 11.2 Å². The van der Waals surface area contributed by atoms with Gasteiger partial charge in [-0.25, -0.2) is 4.98 Å². The molecule has 0 atom stereocenters. The summed E-state index contributed by atoms with van der Waals surface area (Å²) in [6, 6.07) is 13.7. The van der Waals surface area contributed by atoms with Gasteiger partial charge in [0, 0.05) is 36.8 Å². The van der Waals surface area contributed by atoms with Gasteiger partial charge in [-0.15, -0.1) is 0 Å². The first kappa shape index (κ1) is 16.4. The number of fused-ring (bicyclic) bond motifs is 2. The summed E-state index contributed by atoms with van der Waals surface area (Å²) in [4.78, 5) is 8.73. The van der Waals surface area contributed by atoms with E-state index < -0.39 is 0 Å². The number of benzene rings is 2. The van der Waals surface area contributed by atoms with Crippen LogP contribution < -0.4 is 20.5 Å². The summed E-state index contributed by atoms with van der Waals surface area (Å²) in [6.07, 6.45) is 1.97. The Morgan fingerprint density at radius 1 is 1.11 bits per heavy atom. The van der Waals surface area contributed by atoms with Crippen molar-refractivity contribution in [2.45, 2.75) is 6.54 Å². The van der Waals surface area contributed by atoms with Gasteiger partial charge in [0.25, 0.3) is 0 Å². The maximum absolute atomic E-state index is 5.97. The lowest BCUT2D eigenvalue weighted by Gasteiger charge is -2.10. The first-order chi connectivity index (χ1) is 13.7. The number of nitrogens with one attached hydrogen (secondary N) is 1. The van der Waals surface area contributed by atoms with Crippen LogP contribution in [0.2, 0.25) is 0 Å². The van der Waals surface area contributed by atoms with Crippen molar-refractivity contribution in [2.24, 2.45) is 7.05 Å². The SMILES string of the molecule is Cn1cc2c(-c3cc(NCc4ccc5c(c4)OCO5)nc(N)n3)cccc2n1. The van der Waals surface area contributed by atoms with E-state index in [1.807, 2.05) is 55.7 Å². The zero-order valence-electron chi connectivity index (χ0n) is 15.2. The molecule has 28 heavy (non-hydrogen) atoms. The van der Waals surface area contributed by atoms with E-state index in [1.54, 1.807) is 4.68 Å². The van der Waals surface area contributed by atoms with Crippen LogP contribution in [0.4, 0.5) is 11.8 Å². The maximum Gasteiger partial charge on any atom is 0.231 e. The molecule has 8 nitrogen and oxygen atoms in total. The Hall–Kier alpha value is -3.81. The molecule has 4 aromatic rings. The minimum atomic E-state index is 0.214. The van der Waals surface area contributed by atoms with E-state index in [4.69, 9.17) is 15.2 Å². The number of rotatable bonds is 4. The van der Waals surface area contributed by atoms with Gasteiger partial charge in [-0.05, 0) is 23.8 Å². The number of hydrogen-bond donors (Lipinski definition) is 2. The highest BCUT2D eigenvalue weighted by molar-refractivity contribution is 5.93. The third-order valence-electron chi connectivity index (χ3n) is 4.59. The molecule has 0 aliphatic carbocycles. The molecule has 0 amide bonds. The van der Waals surface area contributed by atoms with Crippen LogP contribution in [0.15, 0.2) is 48.7 Å². The zero-order valence-corrected chi connectivity index (χ0v) is 15.2. The fourth-order valence-corrected chi connectivity index (χ4v) is 3.32. The van der Waals surface area contributed by atoms with E-state index in [9.17, 15) is 0 Å². The molecule has 0 saturated heterocycles. The number of nitrogens with two attached hydrogens (primary N) is 1. The average Bonchev–Trinajstić information content (AvgIpc) is 3.30. The second-order valence-electron chi connectivity index (χ2n) is 6.58. The smallest absolute Gasteiger partial charge is 0.231 e. The summed E-state index contributed by atoms with van der Waals surface area (Å²) < 4.78 is 12.6. The Bertz CT molecular complexity index is 1190. The number of anilines is 2. The molecule has 8 heteroatoms. The fraction of sp³-hybridized carbons (Fsp3) is 0.150. The summed E-state index contributed by atoms with van der Waals surface area (Å²) >= 11 is 0. The van der Waals surface area contributed by atoms with Gasteiger partial charge < -0.3 is 20.5 Å². The van der Waals surface area contributed by atoms with Crippen LogP contribution >= 0.6 is 0 Å². The average molecular weight is 374 g/mol. The van der Waals surface area contributed by atoms with E-state index in [2.05, 4.69) is 20.4 Å². The first-order valence-electron chi connectivity index (χ1n) is 8.85. The van der Waals surface area contributed by atoms with Crippen molar-refractivity contribution in [3.63, 3.8) is 0 Å². The molecule has 2 aromatic heterocycles. The van der Waals surface area contributed by atoms with Crippen molar-refractivity contribution in [3.8, 4) is 22.8 Å². The lowest BCUT2D eigenvalue weighted by Crippen LogP contribution is -2.05. The molecule has 0 fully saturated rings. The van der Waals surface area contributed by atoms with Gasteiger partial charge in [0.2, 0.25) is 12.7 Å². The van der Waals surface area contributed by atoms with E-state index in [0.29, 0.717) is 12.4 Å². The summed E-state index contributed by atoms with van der Waals surface area (Å²) in [5, 5.41) is 8.78. The van der Waals surface area contributed by atoms with E-state index in [1.165, 1.54) is 0 Å². The van der Waals surface area contributed by atoms with Crippen molar-refractivity contribution in [1.82, 2.24) is 19.7 Å². The molecule has 0 saturated carbocycles. The molecule has 2 aromatic carbocycles. The largest absolute Gasteiger partial charge is 0.454 e. The number of aryl methyl sites for hydroxylation is 1. The van der Waals surface area contributed by atoms with E-state index >= 15 is 0 Å². The maximum atomic E-state index is 5.97. The molecular formula is C20H18N6O2. The molecule has 3 N–H and O–H groups in total. The summed E-state index contributed by atoms with van der Waals surface area (Å²) in [7, 11) is 1.90. The van der Waals surface area contributed by atoms with Gasteiger partial charge in [-0.1, -0.05) is 18.2 Å². The Balaban J connectivity index is 1.44. The normalized spacial score (nSPS) is 12.5. The van der Waals surface area contributed by atoms with Crippen LogP contribution in [0, 0.1) is 0 Å². The number of ether oxygens (including phenoxy) is 2. The van der Waals surface area contributed by atoms with Crippen molar-refractivity contribution in [3.05, 3.63) is 54.2 Å². The molecule has 1 aliphatic heterocycles. The van der Waals surface area contributed by atoms with Crippen LogP contribution in [-0.4, -0.2) is 26.5 Å². The monoisotopic (exact) mass is 374 g/mol. The lowest BCUT2D eigenvalue weighted by molar-refractivity contribution is 0.174. The molecule has 140 valence electrons. The van der Waals surface area contributed by atoms with Crippen molar-refractivity contribution >= 4 is 22.7 Å². The molecule has 0 bridgehead atoms.